The molecule has 1 aromatic heterocycles. The van der Waals surface area contributed by atoms with Gasteiger partial charge in [0.2, 0.25) is 5.91 Å². The first-order chi connectivity index (χ1) is 11.0. The second kappa shape index (κ2) is 6.00. The molecule has 2 amide bonds. The van der Waals surface area contributed by atoms with Gasteiger partial charge < -0.3 is 19.9 Å². The van der Waals surface area contributed by atoms with Gasteiger partial charge in [-0.15, -0.1) is 0 Å². The van der Waals surface area contributed by atoms with Gasteiger partial charge in [-0.2, -0.15) is 0 Å². The molecule has 1 unspecified atom stereocenters. The number of fused-ring (bicyclic) bond motifs is 1. The summed E-state index contributed by atoms with van der Waals surface area (Å²) in [7, 11) is 0. The number of imidazole rings is 1. The Morgan fingerprint density at radius 2 is 2.17 bits per heavy atom. The van der Waals surface area contributed by atoms with Crippen LogP contribution in [0.5, 0.6) is 0 Å². The summed E-state index contributed by atoms with van der Waals surface area (Å²) < 4.78 is 7.39. The lowest BCUT2D eigenvalue weighted by atomic mass is 10.0. The third kappa shape index (κ3) is 3.05. The van der Waals surface area contributed by atoms with Crippen LogP contribution in [0.1, 0.15) is 13.3 Å². The van der Waals surface area contributed by atoms with Crippen LogP contribution in [0.2, 0.25) is 0 Å². The van der Waals surface area contributed by atoms with E-state index in [-0.39, 0.29) is 12.5 Å². The van der Waals surface area contributed by atoms with Crippen molar-refractivity contribution in [1.82, 2.24) is 14.5 Å². The van der Waals surface area contributed by atoms with Crippen LogP contribution in [0.25, 0.3) is 11.0 Å². The van der Waals surface area contributed by atoms with Crippen LogP contribution < -0.4 is 5.73 Å². The number of aromatic nitrogens is 2. The van der Waals surface area contributed by atoms with Gasteiger partial charge in [-0.25, -0.2) is 4.98 Å². The van der Waals surface area contributed by atoms with E-state index in [1.807, 2.05) is 28.8 Å². The molecule has 1 aliphatic heterocycles. The summed E-state index contributed by atoms with van der Waals surface area (Å²) in [5.74, 6) is -0.561. The maximum absolute atomic E-state index is 12.4. The summed E-state index contributed by atoms with van der Waals surface area (Å²) in [5.41, 5.74) is 6.18. The summed E-state index contributed by atoms with van der Waals surface area (Å²) in [6.07, 6.45) is 2.08. The first-order valence-corrected chi connectivity index (χ1v) is 7.61. The fourth-order valence-corrected chi connectivity index (χ4v) is 2.79. The fourth-order valence-electron chi connectivity index (χ4n) is 2.79. The highest BCUT2D eigenvalue weighted by atomic mass is 16.5. The number of ether oxygens (including phenoxy) is 1. The summed E-state index contributed by atoms with van der Waals surface area (Å²) in [4.78, 5) is 29.9. The maximum Gasteiger partial charge on any atom is 0.251 e. The second-order valence-corrected chi connectivity index (χ2v) is 5.94. The minimum absolute atomic E-state index is 0.0152. The monoisotopic (exact) mass is 316 g/mol. The molecule has 7 nitrogen and oxygen atoms in total. The van der Waals surface area contributed by atoms with E-state index in [1.165, 1.54) is 0 Å². The lowest BCUT2D eigenvalue weighted by molar-refractivity contribution is -0.160. The van der Waals surface area contributed by atoms with E-state index in [0.717, 1.165) is 11.0 Å². The highest BCUT2D eigenvalue weighted by Gasteiger charge is 2.38. The highest BCUT2D eigenvalue weighted by molar-refractivity contribution is 5.85. The zero-order valence-electron chi connectivity index (χ0n) is 13.1. The molecule has 3 rings (SSSR count). The lowest BCUT2D eigenvalue weighted by Crippen LogP contribution is -2.58. The first-order valence-electron chi connectivity index (χ1n) is 7.61. The molecule has 1 aromatic carbocycles. The Morgan fingerprint density at radius 3 is 2.96 bits per heavy atom. The zero-order valence-corrected chi connectivity index (χ0v) is 13.1. The molecule has 2 aromatic rings. The minimum Gasteiger partial charge on any atom is -0.367 e. The third-order valence-corrected chi connectivity index (χ3v) is 4.24. The Bertz CT molecular complexity index is 742. The molecule has 122 valence electrons. The Kier molecular flexibility index (Phi) is 4.04. The van der Waals surface area contributed by atoms with Gasteiger partial charge in [0.15, 0.2) is 5.60 Å². The standard InChI is InChI=1S/C16H20N4O3/c1-16(15(17)22)10-19(8-9-23-16)14(21)6-7-20-11-18-12-4-2-3-5-13(12)20/h2-5,11H,6-10H2,1H3,(H2,17,22). The van der Waals surface area contributed by atoms with Crippen LogP contribution >= 0.6 is 0 Å². The zero-order chi connectivity index (χ0) is 16.4. The molecule has 23 heavy (non-hydrogen) atoms. The van der Waals surface area contributed by atoms with Crippen LogP contribution in [0, 0.1) is 0 Å². The molecule has 1 fully saturated rings. The van der Waals surface area contributed by atoms with Crippen molar-refractivity contribution in [2.45, 2.75) is 25.5 Å². The molecule has 7 heteroatoms. The van der Waals surface area contributed by atoms with Crippen LogP contribution in [-0.2, 0) is 20.9 Å². The molecule has 0 bridgehead atoms. The van der Waals surface area contributed by atoms with Gasteiger partial charge in [0.1, 0.15) is 0 Å². The Labute approximate surface area is 134 Å². The number of carbonyl (C=O) groups is 2. The number of aryl methyl sites for hydroxylation is 1. The molecule has 1 atom stereocenters. The van der Waals surface area contributed by atoms with Crippen molar-refractivity contribution in [3.05, 3.63) is 30.6 Å². The molecule has 1 aliphatic rings. The van der Waals surface area contributed by atoms with Crippen LogP contribution in [-0.4, -0.2) is 51.6 Å². The molecule has 1 saturated heterocycles. The number of amides is 2. The fraction of sp³-hybridized carbons (Fsp3) is 0.438. The van der Waals surface area contributed by atoms with E-state index in [4.69, 9.17) is 10.5 Å². The van der Waals surface area contributed by atoms with Crippen molar-refractivity contribution < 1.29 is 14.3 Å². The molecular weight excluding hydrogens is 296 g/mol. The van der Waals surface area contributed by atoms with E-state index in [2.05, 4.69) is 4.98 Å². The van der Waals surface area contributed by atoms with Gasteiger partial charge in [0, 0.05) is 19.5 Å². The van der Waals surface area contributed by atoms with Crippen LogP contribution in [0.15, 0.2) is 30.6 Å². The van der Waals surface area contributed by atoms with Gasteiger partial charge >= 0.3 is 0 Å². The SMILES string of the molecule is CC1(C(N)=O)CN(C(=O)CCn2cnc3ccccc32)CCO1. The minimum atomic E-state index is -1.10. The predicted octanol–water partition coefficient (Wildman–Crippen LogP) is 0.529. The largest absolute Gasteiger partial charge is 0.367 e. The smallest absolute Gasteiger partial charge is 0.251 e. The number of nitrogens with zero attached hydrogens (tertiary/aromatic N) is 3. The molecule has 0 spiro atoms. The van der Waals surface area contributed by atoms with Crippen LogP contribution in [0.4, 0.5) is 0 Å². The number of rotatable bonds is 4. The van der Waals surface area contributed by atoms with E-state index < -0.39 is 11.5 Å². The highest BCUT2D eigenvalue weighted by Crippen LogP contribution is 2.18. The summed E-state index contributed by atoms with van der Waals surface area (Å²) in [6.45, 7) is 3.17. The average Bonchev–Trinajstić information content (AvgIpc) is 2.96. The molecular formula is C16H20N4O3. The first kappa shape index (κ1) is 15.5. The number of hydrogen-bond acceptors (Lipinski definition) is 4. The Morgan fingerprint density at radius 1 is 1.39 bits per heavy atom. The number of benzene rings is 1. The van der Waals surface area contributed by atoms with E-state index in [0.29, 0.717) is 26.1 Å². The normalized spacial score (nSPS) is 21.5. The quantitative estimate of drug-likeness (QED) is 0.891. The molecule has 2 heterocycles. The van der Waals surface area contributed by atoms with Crippen molar-refractivity contribution in [1.29, 1.82) is 0 Å². The number of para-hydroxylation sites is 2. The Hall–Kier alpha value is -2.41. The molecule has 0 radical (unpaired) electrons. The van der Waals surface area contributed by atoms with Crippen molar-refractivity contribution in [3.63, 3.8) is 0 Å². The number of morpholine rings is 1. The van der Waals surface area contributed by atoms with Gasteiger partial charge in [0.05, 0.1) is 30.5 Å². The lowest BCUT2D eigenvalue weighted by Gasteiger charge is -2.38. The number of carbonyl (C=O) groups excluding carboxylic acids is 2. The van der Waals surface area contributed by atoms with Crippen LogP contribution in [0.3, 0.4) is 0 Å². The Balaban J connectivity index is 1.64. The second-order valence-electron chi connectivity index (χ2n) is 5.94. The summed E-state index contributed by atoms with van der Waals surface area (Å²) in [5, 5.41) is 0. The van der Waals surface area contributed by atoms with Crippen molar-refractivity contribution in [3.8, 4) is 0 Å². The van der Waals surface area contributed by atoms with E-state index in [9.17, 15) is 9.59 Å². The van der Waals surface area contributed by atoms with Gasteiger partial charge in [0.25, 0.3) is 5.91 Å². The molecule has 0 aliphatic carbocycles. The number of primary amides is 1. The summed E-state index contributed by atoms with van der Waals surface area (Å²) in [6, 6.07) is 7.80. The van der Waals surface area contributed by atoms with Crippen molar-refractivity contribution >= 4 is 22.8 Å². The molecule has 0 saturated carbocycles. The predicted molar refractivity (Wildman–Crippen MR) is 84.5 cm³/mol. The third-order valence-electron chi connectivity index (χ3n) is 4.24. The number of nitrogens with two attached hydrogens (primary N) is 1. The van der Waals surface area contributed by atoms with Crippen molar-refractivity contribution in [2.24, 2.45) is 5.73 Å². The van der Waals surface area contributed by atoms with Gasteiger partial charge in [-0.1, -0.05) is 12.1 Å². The average molecular weight is 316 g/mol. The molecule has 2 N–H and O–H groups in total. The van der Waals surface area contributed by atoms with Gasteiger partial charge in [-0.3, -0.25) is 9.59 Å². The van der Waals surface area contributed by atoms with E-state index >= 15 is 0 Å². The van der Waals surface area contributed by atoms with Gasteiger partial charge in [-0.05, 0) is 19.1 Å². The topological polar surface area (TPSA) is 90.5 Å². The maximum atomic E-state index is 12.4. The van der Waals surface area contributed by atoms with Crippen molar-refractivity contribution in [2.75, 3.05) is 19.7 Å². The summed E-state index contributed by atoms with van der Waals surface area (Å²) >= 11 is 0. The van der Waals surface area contributed by atoms with E-state index in [1.54, 1.807) is 18.2 Å². The number of hydrogen-bond donors (Lipinski definition) is 1.